The summed E-state index contributed by atoms with van der Waals surface area (Å²) in [5, 5.41) is 8.59. The number of aromatic nitrogens is 1. The summed E-state index contributed by atoms with van der Waals surface area (Å²) in [6.07, 6.45) is 2.72. The Morgan fingerprint density at radius 1 is 1.33 bits per heavy atom. The maximum absolute atomic E-state index is 8.59. The van der Waals surface area contributed by atoms with Gasteiger partial charge in [0.2, 0.25) is 0 Å². The Morgan fingerprint density at radius 3 is 2.80 bits per heavy atom. The summed E-state index contributed by atoms with van der Waals surface area (Å²) in [7, 11) is 0. The second-order valence-corrected chi connectivity index (χ2v) is 3.47. The first-order chi connectivity index (χ1) is 7.24. The van der Waals surface area contributed by atoms with Crippen molar-refractivity contribution in [3.8, 4) is 5.75 Å². The van der Waals surface area contributed by atoms with E-state index in [1.807, 2.05) is 19.1 Å². The van der Waals surface area contributed by atoms with Crippen LogP contribution in [0.3, 0.4) is 0 Å². The summed E-state index contributed by atoms with van der Waals surface area (Å²) in [6, 6.07) is 3.71. The van der Waals surface area contributed by atoms with Crippen LogP contribution in [0, 0.1) is 6.92 Å². The van der Waals surface area contributed by atoms with Crippen LogP contribution in [0.25, 0.3) is 0 Å². The van der Waals surface area contributed by atoms with E-state index in [-0.39, 0.29) is 6.61 Å². The lowest BCUT2D eigenvalue weighted by Crippen LogP contribution is -2.02. The first-order valence-electron chi connectivity index (χ1n) is 5.21. The van der Waals surface area contributed by atoms with Crippen LogP contribution >= 0.6 is 0 Å². The topological polar surface area (TPSA) is 68.4 Å². The van der Waals surface area contributed by atoms with Gasteiger partial charge in [-0.3, -0.25) is 0 Å². The van der Waals surface area contributed by atoms with E-state index in [9.17, 15) is 0 Å². The van der Waals surface area contributed by atoms with E-state index >= 15 is 0 Å². The lowest BCUT2D eigenvalue weighted by Gasteiger charge is -2.08. The number of anilines is 1. The molecular weight excluding hydrogens is 192 g/mol. The zero-order valence-electron chi connectivity index (χ0n) is 9.07. The van der Waals surface area contributed by atoms with E-state index in [1.54, 1.807) is 0 Å². The third-order valence-corrected chi connectivity index (χ3v) is 2.09. The molecule has 4 heteroatoms. The normalized spacial score (nSPS) is 10.3. The van der Waals surface area contributed by atoms with E-state index in [2.05, 4.69) is 4.98 Å². The number of hydrogen-bond donors (Lipinski definition) is 2. The van der Waals surface area contributed by atoms with Crippen LogP contribution in [0.15, 0.2) is 12.1 Å². The first kappa shape index (κ1) is 11.8. The fourth-order valence-corrected chi connectivity index (χ4v) is 1.26. The number of ether oxygens (including phenoxy) is 1. The van der Waals surface area contributed by atoms with Crippen LogP contribution in [-0.4, -0.2) is 23.3 Å². The molecular formula is C11H18N2O2. The molecule has 0 aliphatic carbocycles. The Balaban J connectivity index is 2.31. The number of unbranched alkanes of at least 4 members (excludes halogenated alkanes) is 2. The van der Waals surface area contributed by atoms with Crippen molar-refractivity contribution in [3.05, 3.63) is 17.8 Å². The minimum Gasteiger partial charge on any atom is -0.490 e. The fraction of sp³-hybridized carbons (Fsp3) is 0.545. The van der Waals surface area contributed by atoms with Crippen molar-refractivity contribution in [3.63, 3.8) is 0 Å². The average molecular weight is 210 g/mol. The minimum absolute atomic E-state index is 0.244. The molecule has 0 unspecified atom stereocenters. The fourth-order valence-electron chi connectivity index (χ4n) is 1.26. The van der Waals surface area contributed by atoms with Gasteiger partial charge in [-0.05, 0) is 38.3 Å². The third-order valence-electron chi connectivity index (χ3n) is 2.09. The van der Waals surface area contributed by atoms with Gasteiger partial charge in [0.25, 0.3) is 0 Å². The molecule has 1 aromatic rings. The van der Waals surface area contributed by atoms with Gasteiger partial charge >= 0.3 is 0 Å². The highest BCUT2D eigenvalue weighted by molar-refractivity contribution is 5.46. The summed E-state index contributed by atoms with van der Waals surface area (Å²) in [6.45, 7) is 2.75. The number of pyridine rings is 1. The molecule has 0 aromatic carbocycles. The molecule has 4 nitrogen and oxygen atoms in total. The van der Waals surface area contributed by atoms with Crippen LogP contribution < -0.4 is 10.5 Å². The van der Waals surface area contributed by atoms with E-state index in [4.69, 9.17) is 15.6 Å². The van der Waals surface area contributed by atoms with Gasteiger partial charge in [-0.25, -0.2) is 4.98 Å². The van der Waals surface area contributed by atoms with E-state index < -0.39 is 0 Å². The third kappa shape index (κ3) is 4.16. The summed E-state index contributed by atoms with van der Waals surface area (Å²) < 4.78 is 5.47. The summed E-state index contributed by atoms with van der Waals surface area (Å²) in [4.78, 5) is 4.10. The highest BCUT2D eigenvalue weighted by atomic mass is 16.5. The number of aliphatic hydroxyl groups excluding tert-OH is 1. The molecule has 0 bridgehead atoms. The quantitative estimate of drug-likeness (QED) is 0.698. The lowest BCUT2D eigenvalue weighted by molar-refractivity contribution is 0.266. The molecule has 0 spiro atoms. The number of aliphatic hydroxyl groups is 1. The molecule has 0 aliphatic heterocycles. The number of hydrogen-bond acceptors (Lipinski definition) is 4. The second kappa shape index (κ2) is 6.24. The Morgan fingerprint density at radius 2 is 2.13 bits per heavy atom. The maximum atomic E-state index is 8.59. The zero-order chi connectivity index (χ0) is 11.1. The number of aryl methyl sites for hydroxylation is 1. The highest BCUT2D eigenvalue weighted by Gasteiger charge is 2.00. The SMILES string of the molecule is Cc1ccc(OCCCCCO)c(N)n1. The van der Waals surface area contributed by atoms with Crippen molar-refractivity contribution in [2.45, 2.75) is 26.2 Å². The number of nitrogens with two attached hydrogens (primary N) is 1. The van der Waals surface area contributed by atoms with Crippen molar-refractivity contribution in [2.75, 3.05) is 18.9 Å². The first-order valence-corrected chi connectivity index (χ1v) is 5.21. The van der Waals surface area contributed by atoms with Crippen LogP contribution in [0.5, 0.6) is 5.75 Å². The molecule has 0 fully saturated rings. The molecule has 1 aromatic heterocycles. The molecule has 15 heavy (non-hydrogen) atoms. The van der Waals surface area contributed by atoms with Crippen molar-refractivity contribution in [2.24, 2.45) is 0 Å². The molecule has 3 N–H and O–H groups in total. The number of nitrogens with zero attached hydrogens (tertiary/aromatic N) is 1. The molecule has 84 valence electrons. The summed E-state index contributed by atoms with van der Waals surface area (Å²) >= 11 is 0. The Labute approximate surface area is 90.1 Å². The molecule has 0 radical (unpaired) electrons. The second-order valence-electron chi connectivity index (χ2n) is 3.47. The molecule has 0 atom stereocenters. The number of rotatable bonds is 6. The maximum Gasteiger partial charge on any atom is 0.166 e. The smallest absolute Gasteiger partial charge is 0.166 e. The minimum atomic E-state index is 0.244. The standard InChI is InChI=1S/C11H18N2O2/c1-9-5-6-10(11(12)13-9)15-8-4-2-3-7-14/h5-6,14H,2-4,7-8H2,1H3,(H2,12,13). The van der Waals surface area contributed by atoms with Gasteiger partial charge in [0.1, 0.15) is 0 Å². The summed E-state index contributed by atoms with van der Waals surface area (Å²) in [5.41, 5.74) is 6.58. The van der Waals surface area contributed by atoms with Gasteiger partial charge in [0.05, 0.1) is 6.61 Å². The molecule has 1 heterocycles. The lowest BCUT2D eigenvalue weighted by atomic mass is 10.2. The average Bonchev–Trinajstić information content (AvgIpc) is 2.20. The van der Waals surface area contributed by atoms with Crippen molar-refractivity contribution < 1.29 is 9.84 Å². The molecule has 0 aliphatic rings. The summed E-state index contributed by atoms with van der Waals surface area (Å²) in [5.74, 6) is 1.08. The predicted molar refractivity (Wildman–Crippen MR) is 59.8 cm³/mol. The van der Waals surface area contributed by atoms with Crippen LogP contribution in [0.4, 0.5) is 5.82 Å². The monoisotopic (exact) mass is 210 g/mol. The van der Waals surface area contributed by atoms with Gasteiger partial charge in [0.15, 0.2) is 11.6 Å². The Hall–Kier alpha value is -1.29. The van der Waals surface area contributed by atoms with E-state index in [1.165, 1.54) is 0 Å². The van der Waals surface area contributed by atoms with Crippen molar-refractivity contribution >= 4 is 5.82 Å². The highest BCUT2D eigenvalue weighted by Crippen LogP contribution is 2.18. The van der Waals surface area contributed by atoms with Crippen molar-refractivity contribution in [1.82, 2.24) is 4.98 Å². The van der Waals surface area contributed by atoms with Gasteiger partial charge in [0, 0.05) is 12.3 Å². The van der Waals surface area contributed by atoms with Crippen LogP contribution in [0.2, 0.25) is 0 Å². The van der Waals surface area contributed by atoms with Gasteiger partial charge in [-0.2, -0.15) is 0 Å². The molecule has 0 saturated heterocycles. The molecule has 0 saturated carbocycles. The molecule has 0 amide bonds. The number of nitrogen functional groups attached to an aromatic ring is 1. The molecule has 1 rings (SSSR count). The van der Waals surface area contributed by atoms with E-state index in [0.29, 0.717) is 18.2 Å². The largest absolute Gasteiger partial charge is 0.490 e. The Kier molecular flexibility index (Phi) is 4.90. The van der Waals surface area contributed by atoms with Gasteiger partial charge < -0.3 is 15.6 Å². The zero-order valence-corrected chi connectivity index (χ0v) is 9.07. The van der Waals surface area contributed by atoms with Crippen LogP contribution in [-0.2, 0) is 0 Å². The van der Waals surface area contributed by atoms with Crippen LogP contribution in [0.1, 0.15) is 25.0 Å². The predicted octanol–water partition coefficient (Wildman–Crippen LogP) is 1.51. The van der Waals surface area contributed by atoms with Crippen molar-refractivity contribution in [1.29, 1.82) is 0 Å². The Bertz CT molecular complexity index is 303. The van der Waals surface area contributed by atoms with Gasteiger partial charge in [-0.15, -0.1) is 0 Å². The van der Waals surface area contributed by atoms with Gasteiger partial charge in [-0.1, -0.05) is 0 Å². The van der Waals surface area contributed by atoms with E-state index in [0.717, 1.165) is 25.0 Å².